The summed E-state index contributed by atoms with van der Waals surface area (Å²) < 4.78 is 1.94. The van der Waals surface area contributed by atoms with Gasteiger partial charge in [0.25, 0.3) is 0 Å². The van der Waals surface area contributed by atoms with E-state index in [0.29, 0.717) is 0 Å². The van der Waals surface area contributed by atoms with Gasteiger partial charge < -0.3 is 5.32 Å². The summed E-state index contributed by atoms with van der Waals surface area (Å²) in [6.45, 7) is 9.82. The average molecular weight is 242 g/mol. The lowest BCUT2D eigenvalue weighted by molar-refractivity contribution is 0.484. The van der Waals surface area contributed by atoms with Crippen LogP contribution in [-0.2, 0) is 6.54 Å². The van der Waals surface area contributed by atoms with E-state index in [9.17, 15) is 0 Å². The largest absolute Gasteiger partial charge is 0.308 e. The Bertz CT molecular complexity index is 333. The Balaban J connectivity index is 2.89. The van der Waals surface area contributed by atoms with E-state index in [0.717, 1.165) is 36.6 Å². The van der Waals surface area contributed by atoms with E-state index in [4.69, 9.17) is 11.6 Å². The van der Waals surface area contributed by atoms with Gasteiger partial charge in [-0.25, -0.2) is 0 Å². The molecule has 0 bridgehead atoms. The fourth-order valence-electron chi connectivity index (χ4n) is 1.75. The van der Waals surface area contributed by atoms with E-state index in [1.807, 2.05) is 10.8 Å². The Hall–Kier alpha value is -0.800. The van der Waals surface area contributed by atoms with Crippen LogP contribution < -0.4 is 5.32 Å². The van der Waals surface area contributed by atoms with Gasteiger partial charge >= 0.3 is 0 Å². The van der Waals surface area contributed by atoms with Crippen LogP contribution in [0.3, 0.4) is 0 Å². The van der Waals surface area contributed by atoms with Gasteiger partial charge in [0.15, 0.2) is 0 Å². The second kappa shape index (κ2) is 6.71. The molecule has 0 aliphatic heterocycles. The minimum Gasteiger partial charge on any atom is -0.308 e. The third-order valence-corrected chi connectivity index (χ3v) is 2.80. The molecule has 1 unspecified atom stereocenters. The standard InChI is InChI=1S/C12H20ClN3/c1-4-7-11(14-8-5-2)12-10(13)9-15-16(12)6-3/h4,9,11,14H,1,5-8H2,2-3H3. The first-order valence-electron chi connectivity index (χ1n) is 5.80. The first kappa shape index (κ1) is 13.3. The van der Waals surface area contributed by atoms with Gasteiger partial charge in [-0.1, -0.05) is 24.6 Å². The highest BCUT2D eigenvalue weighted by Gasteiger charge is 2.17. The van der Waals surface area contributed by atoms with Gasteiger partial charge in [0, 0.05) is 6.54 Å². The van der Waals surface area contributed by atoms with Gasteiger partial charge in [-0.15, -0.1) is 6.58 Å². The van der Waals surface area contributed by atoms with Crippen LogP contribution >= 0.6 is 11.6 Å². The van der Waals surface area contributed by atoms with E-state index in [1.165, 1.54) is 0 Å². The monoisotopic (exact) mass is 241 g/mol. The molecule has 1 aromatic rings. The van der Waals surface area contributed by atoms with Crippen LogP contribution in [0, 0.1) is 0 Å². The lowest BCUT2D eigenvalue weighted by Gasteiger charge is -2.18. The topological polar surface area (TPSA) is 29.9 Å². The maximum absolute atomic E-state index is 6.18. The smallest absolute Gasteiger partial charge is 0.0834 e. The number of nitrogens with zero attached hydrogens (tertiary/aromatic N) is 2. The summed E-state index contributed by atoms with van der Waals surface area (Å²) in [5, 5.41) is 8.46. The molecule has 0 spiro atoms. The lowest BCUT2D eigenvalue weighted by atomic mass is 10.1. The second-order valence-corrected chi connectivity index (χ2v) is 4.13. The van der Waals surface area contributed by atoms with Crippen molar-refractivity contribution in [2.75, 3.05) is 6.54 Å². The molecular formula is C12H20ClN3. The summed E-state index contributed by atoms with van der Waals surface area (Å²) in [6, 6.07) is 0.215. The minimum atomic E-state index is 0.215. The van der Waals surface area contributed by atoms with E-state index in [-0.39, 0.29) is 6.04 Å². The summed E-state index contributed by atoms with van der Waals surface area (Å²) in [5.74, 6) is 0. The molecule has 1 N–H and O–H groups in total. The zero-order valence-electron chi connectivity index (χ0n) is 10.0. The molecule has 3 nitrogen and oxygen atoms in total. The number of hydrogen-bond acceptors (Lipinski definition) is 2. The molecule has 16 heavy (non-hydrogen) atoms. The van der Waals surface area contributed by atoms with Gasteiger partial charge in [-0.2, -0.15) is 5.10 Å². The predicted octanol–water partition coefficient (Wildman–Crippen LogP) is 3.17. The molecule has 0 aromatic carbocycles. The molecule has 0 saturated heterocycles. The third-order valence-electron chi connectivity index (χ3n) is 2.51. The fourth-order valence-corrected chi connectivity index (χ4v) is 2.02. The van der Waals surface area contributed by atoms with E-state index in [1.54, 1.807) is 6.20 Å². The highest BCUT2D eigenvalue weighted by atomic mass is 35.5. The Kier molecular flexibility index (Phi) is 5.56. The van der Waals surface area contributed by atoms with Gasteiger partial charge in [0.05, 0.1) is 23.0 Å². The predicted molar refractivity (Wildman–Crippen MR) is 68.8 cm³/mol. The molecule has 0 aliphatic carbocycles. The van der Waals surface area contributed by atoms with E-state index in [2.05, 4.69) is 30.8 Å². The van der Waals surface area contributed by atoms with Gasteiger partial charge in [0.2, 0.25) is 0 Å². The average Bonchev–Trinajstić information content (AvgIpc) is 2.66. The fraction of sp³-hybridized carbons (Fsp3) is 0.583. The number of hydrogen-bond donors (Lipinski definition) is 1. The highest BCUT2D eigenvalue weighted by Crippen LogP contribution is 2.25. The molecule has 0 amide bonds. The molecule has 0 radical (unpaired) electrons. The second-order valence-electron chi connectivity index (χ2n) is 3.72. The van der Waals surface area contributed by atoms with Crippen molar-refractivity contribution >= 4 is 11.6 Å². The van der Waals surface area contributed by atoms with Gasteiger partial charge in [-0.05, 0) is 26.3 Å². The number of halogens is 1. The van der Waals surface area contributed by atoms with Gasteiger partial charge in [-0.3, -0.25) is 4.68 Å². The Labute approximate surface area is 102 Å². The molecule has 1 aromatic heterocycles. The first-order valence-corrected chi connectivity index (χ1v) is 6.17. The van der Waals surface area contributed by atoms with Crippen LogP contribution in [0.25, 0.3) is 0 Å². The maximum atomic E-state index is 6.18. The zero-order valence-corrected chi connectivity index (χ0v) is 10.8. The quantitative estimate of drug-likeness (QED) is 0.744. The Morgan fingerprint density at radius 2 is 2.38 bits per heavy atom. The summed E-state index contributed by atoms with van der Waals surface area (Å²) in [7, 11) is 0. The first-order chi connectivity index (χ1) is 7.74. The molecule has 1 rings (SSSR count). The van der Waals surface area contributed by atoms with E-state index >= 15 is 0 Å². The Morgan fingerprint density at radius 1 is 1.62 bits per heavy atom. The van der Waals surface area contributed by atoms with Crippen LogP contribution in [0.5, 0.6) is 0 Å². The molecule has 90 valence electrons. The van der Waals surface area contributed by atoms with E-state index < -0.39 is 0 Å². The minimum absolute atomic E-state index is 0.215. The zero-order chi connectivity index (χ0) is 12.0. The highest BCUT2D eigenvalue weighted by molar-refractivity contribution is 6.31. The van der Waals surface area contributed by atoms with Crippen molar-refractivity contribution in [3.05, 3.63) is 29.6 Å². The van der Waals surface area contributed by atoms with Crippen molar-refractivity contribution in [2.24, 2.45) is 0 Å². The third kappa shape index (κ3) is 3.09. The molecule has 0 saturated carbocycles. The molecule has 4 heteroatoms. The van der Waals surface area contributed by atoms with Crippen molar-refractivity contribution in [2.45, 2.75) is 39.3 Å². The van der Waals surface area contributed by atoms with Crippen LogP contribution in [0.4, 0.5) is 0 Å². The summed E-state index contributed by atoms with van der Waals surface area (Å²) in [5.41, 5.74) is 1.07. The SMILES string of the molecule is C=CCC(NCCC)c1c(Cl)cnn1CC. The van der Waals surface area contributed by atoms with Crippen LogP contribution in [0.2, 0.25) is 5.02 Å². The van der Waals surface area contributed by atoms with Crippen LogP contribution in [0.1, 0.15) is 38.4 Å². The van der Waals surface area contributed by atoms with Crippen molar-refractivity contribution < 1.29 is 0 Å². The number of aryl methyl sites for hydroxylation is 1. The van der Waals surface area contributed by atoms with Crippen LogP contribution in [-0.4, -0.2) is 16.3 Å². The molecule has 1 atom stereocenters. The summed E-state index contributed by atoms with van der Waals surface area (Å²) in [6.07, 6.45) is 5.59. The molecule has 0 aliphatic rings. The van der Waals surface area contributed by atoms with Crippen molar-refractivity contribution in [1.29, 1.82) is 0 Å². The normalized spacial score (nSPS) is 12.7. The summed E-state index contributed by atoms with van der Waals surface area (Å²) >= 11 is 6.18. The maximum Gasteiger partial charge on any atom is 0.0834 e. The Morgan fingerprint density at radius 3 is 2.94 bits per heavy atom. The lowest BCUT2D eigenvalue weighted by Crippen LogP contribution is -2.24. The number of aromatic nitrogens is 2. The van der Waals surface area contributed by atoms with Gasteiger partial charge in [0.1, 0.15) is 0 Å². The molecule has 1 heterocycles. The van der Waals surface area contributed by atoms with Crippen molar-refractivity contribution in [1.82, 2.24) is 15.1 Å². The molecule has 0 fully saturated rings. The number of nitrogens with one attached hydrogen (secondary N) is 1. The molecular weight excluding hydrogens is 222 g/mol. The number of rotatable bonds is 7. The van der Waals surface area contributed by atoms with Crippen LogP contribution in [0.15, 0.2) is 18.9 Å². The van der Waals surface area contributed by atoms with Crippen molar-refractivity contribution in [3.63, 3.8) is 0 Å². The van der Waals surface area contributed by atoms with Crippen molar-refractivity contribution in [3.8, 4) is 0 Å². The summed E-state index contributed by atoms with van der Waals surface area (Å²) in [4.78, 5) is 0.